The summed E-state index contributed by atoms with van der Waals surface area (Å²) < 4.78 is 24.2. The molecule has 0 spiro atoms. The van der Waals surface area contributed by atoms with Gasteiger partial charge in [0.2, 0.25) is 0 Å². The summed E-state index contributed by atoms with van der Waals surface area (Å²) in [5, 5.41) is 3.22. The third-order valence-corrected chi connectivity index (χ3v) is 3.07. The van der Waals surface area contributed by atoms with Crippen LogP contribution in [0.3, 0.4) is 0 Å². The lowest BCUT2D eigenvalue weighted by molar-refractivity contribution is 0.0998. The lowest BCUT2D eigenvalue weighted by Crippen LogP contribution is -2.11. The zero-order chi connectivity index (χ0) is 14.8. The van der Waals surface area contributed by atoms with Crippen LogP contribution in [0.25, 0.3) is 11.0 Å². The molecule has 0 aliphatic rings. The topological polar surface area (TPSA) is 51.5 Å². The number of methoxy groups -OCH3 is 1. The summed E-state index contributed by atoms with van der Waals surface area (Å²) >= 11 is 0. The molecule has 1 heterocycles. The van der Waals surface area contributed by atoms with Gasteiger partial charge in [-0.25, -0.2) is 4.39 Å². The van der Waals surface area contributed by atoms with Crippen LogP contribution < -0.4 is 10.1 Å². The van der Waals surface area contributed by atoms with Crippen molar-refractivity contribution in [3.63, 3.8) is 0 Å². The summed E-state index contributed by atoms with van der Waals surface area (Å²) in [5.74, 6) is -0.381. The first-order chi connectivity index (χ1) is 10.2. The average Bonchev–Trinajstić information content (AvgIpc) is 2.93. The van der Waals surface area contributed by atoms with Crippen molar-refractivity contribution in [2.24, 2.45) is 0 Å². The molecule has 0 atom stereocenters. The van der Waals surface area contributed by atoms with Gasteiger partial charge in [-0.05, 0) is 24.3 Å². The molecule has 0 unspecified atom stereocenters. The number of amides is 1. The highest BCUT2D eigenvalue weighted by Gasteiger charge is 2.16. The molecule has 0 fully saturated rings. The molecule has 0 bridgehead atoms. The fourth-order valence-corrected chi connectivity index (χ4v) is 2.06. The van der Waals surface area contributed by atoms with Gasteiger partial charge in [0.1, 0.15) is 5.82 Å². The van der Waals surface area contributed by atoms with Crippen molar-refractivity contribution >= 4 is 22.6 Å². The molecule has 3 rings (SSSR count). The lowest BCUT2D eigenvalue weighted by Gasteiger charge is -2.03. The molecular weight excluding hydrogens is 273 g/mol. The van der Waals surface area contributed by atoms with Crippen molar-refractivity contribution in [1.29, 1.82) is 0 Å². The van der Waals surface area contributed by atoms with E-state index in [0.29, 0.717) is 11.3 Å². The molecule has 0 saturated heterocycles. The maximum absolute atomic E-state index is 13.5. The minimum absolute atomic E-state index is 0.0951. The van der Waals surface area contributed by atoms with Gasteiger partial charge in [0.15, 0.2) is 17.1 Å². The summed E-state index contributed by atoms with van der Waals surface area (Å²) in [6.07, 6.45) is 0. The second kappa shape index (κ2) is 5.28. The first kappa shape index (κ1) is 13.2. The molecule has 1 N–H and O–H groups in total. The molecule has 3 aromatic rings. The Bertz CT molecular complexity index is 810. The number of nitrogens with one attached hydrogen (secondary N) is 1. The average molecular weight is 285 g/mol. The highest BCUT2D eigenvalue weighted by molar-refractivity contribution is 6.05. The number of hydrogen-bond acceptors (Lipinski definition) is 3. The Hall–Kier alpha value is -2.82. The molecule has 1 aromatic heterocycles. The van der Waals surface area contributed by atoms with E-state index < -0.39 is 11.7 Å². The number of carbonyl (C=O) groups excluding carboxylic acids is 1. The zero-order valence-corrected chi connectivity index (χ0v) is 11.2. The molecule has 106 valence electrons. The van der Waals surface area contributed by atoms with Crippen LogP contribution >= 0.6 is 0 Å². The molecule has 5 heteroatoms. The number of carbonyl (C=O) groups is 1. The lowest BCUT2D eigenvalue weighted by atomic mass is 10.2. The van der Waals surface area contributed by atoms with Gasteiger partial charge in [-0.2, -0.15) is 0 Å². The van der Waals surface area contributed by atoms with Crippen LogP contribution in [0.15, 0.2) is 52.9 Å². The first-order valence-corrected chi connectivity index (χ1v) is 6.31. The van der Waals surface area contributed by atoms with Crippen LogP contribution in [0.1, 0.15) is 10.6 Å². The van der Waals surface area contributed by atoms with E-state index in [1.807, 2.05) is 0 Å². The maximum atomic E-state index is 13.5. The van der Waals surface area contributed by atoms with Gasteiger partial charge < -0.3 is 14.5 Å². The Morgan fingerprint density at radius 1 is 1.19 bits per heavy atom. The van der Waals surface area contributed by atoms with E-state index in [1.165, 1.54) is 19.2 Å². The highest BCUT2D eigenvalue weighted by Crippen LogP contribution is 2.28. The fraction of sp³-hybridized carbons (Fsp3) is 0.0625. The molecular formula is C16H12FNO3. The van der Waals surface area contributed by atoms with E-state index in [0.717, 1.165) is 5.39 Å². The van der Waals surface area contributed by atoms with Gasteiger partial charge >= 0.3 is 0 Å². The number of hydrogen-bond donors (Lipinski definition) is 1. The van der Waals surface area contributed by atoms with Crippen LogP contribution in [0.5, 0.6) is 5.75 Å². The van der Waals surface area contributed by atoms with E-state index in [4.69, 9.17) is 9.15 Å². The third kappa shape index (κ3) is 2.45. The number of fused-ring (bicyclic) bond motifs is 1. The Balaban J connectivity index is 1.93. The van der Waals surface area contributed by atoms with Gasteiger partial charge in [0.05, 0.1) is 12.8 Å². The Morgan fingerprint density at radius 3 is 2.76 bits per heavy atom. The molecule has 4 nitrogen and oxygen atoms in total. The summed E-state index contributed by atoms with van der Waals surface area (Å²) in [4.78, 5) is 12.1. The van der Waals surface area contributed by atoms with Gasteiger partial charge in [-0.15, -0.1) is 0 Å². The molecule has 1 amide bonds. The molecule has 0 saturated carbocycles. The largest absolute Gasteiger partial charge is 0.493 e. The van der Waals surface area contributed by atoms with Crippen molar-refractivity contribution < 1.29 is 18.3 Å². The van der Waals surface area contributed by atoms with E-state index >= 15 is 0 Å². The van der Waals surface area contributed by atoms with Crippen molar-refractivity contribution in [1.82, 2.24) is 0 Å². The Labute approximate surface area is 120 Å². The molecule has 0 aliphatic carbocycles. The second-order valence-corrected chi connectivity index (χ2v) is 4.42. The van der Waals surface area contributed by atoms with Crippen molar-refractivity contribution in [3.8, 4) is 5.75 Å². The number of benzene rings is 2. The molecule has 2 aromatic carbocycles. The van der Waals surface area contributed by atoms with Crippen LogP contribution in [0.2, 0.25) is 0 Å². The number of rotatable bonds is 3. The summed E-state index contributed by atoms with van der Waals surface area (Å²) in [6, 6.07) is 12.9. The number of para-hydroxylation sites is 2. The summed E-state index contributed by atoms with van der Waals surface area (Å²) in [5.41, 5.74) is 0.591. The van der Waals surface area contributed by atoms with Gasteiger partial charge in [0, 0.05) is 5.39 Å². The smallest absolute Gasteiger partial charge is 0.291 e. The Kier molecular flexibility index (Phi) is 3.31. The maximum Gasteiger partial charge on any atom is 0.291 e. The third-order valence-electron chi connectivity index (χ3n) is 3.07. The van der Waals surface area contributed by atoms with Crippen LogP contribution in [0.4, 0.5) is 10.1 Å². The van der Waals surface area contributed by atoms with Gasteiger partial charge in [-0.1, -0.05) is 24.3 Å². The molecule has 21 heavy (non-hydrogen) atoms. The number of anilines is 1. The standard InChI is InChI=1S/C16H12FNO3/c1-20-13-8-4-5-10-9-14(21-15(10)13)16(19)18-12-7-3-2-6-11(12)17/h2-9H,1H3,(H,18,19). The van der Waals surface area contributed by atoms with Crippen molar-refractivity contribution in [2.45, 2.75) is 0 Å². The summed E-state index contributed by atoms with van der Waals surface area (Å²) in [7, 11) is 1.52. The van der Waals surface area contributed by atoms with E-state index in [9.17, 15) is 9.18 Å². The second-order valence-electron chi connectivity index (χ2n) is 4.42. The van der Waals surface area contributed by atoms with Gasteiger partial charge in [0.25, 0.3) is 5.91 Å². The van der Waals surface area contributed by atoms with E-state index in [-0.39, 0.29) is 11.4 Å². The van der Waals surface area contributed by atoms with Crippen molar-refractivity contribution in [2.75, 3.05) is 12.4 Å². The molecule has 0 aliphatic heterocycles. The molecule has 0 radical (unpaired) electrons. The Morgan fingerprint density at radius 2 is 2.00 bits per heavy atom. The van der Waals surface area contributed by atoms with Crippen LogP contribution in [-0.4, -0.2) is 13.0 Å². The van der Waals surface area contributed by atoms with E-state index in [2.05, 4.69) is 5.32 Å². The van der Waals surface area contributed by atoms with Crippen LogP contribution in [-0.2, 0) is 0 Å². The predicted molar refractivity (Wildman–Crippen MR) is 77.1 cm³/mol. The predicted octanol–water partition coefficient (Wildman–Crippen LogP) is 3.83. The number of ether oxygens (including phenoxy) is 1. The SMILES string of the molecule is COc1cccc2cc(C(=O)Nc3ccccc3F)oc12. The zero-order valence-electron chi connectivity index (χ0n) is 11.2. The monoisotopic (exact) mass is 285 g/mol. The quantitative estimate of drug-likeness (QED) is 0.795. The fourth-order valence-electron chi connectivity index (χ4n) is 2.06. The summed E-state index contributed by atoms with van der Waals surface area (Å²) in [6.45, 7) is 0. The van der Waals surface area contributed by atoms with Gasteiger partial charge in [-0.3, -0.25) is 4.79 Å². The number of halogens is 1. The first-order valence-electron chi connectivity index (χ1n) is 6.31. The minimum Gasteiger partial charge on any atom is -0.493 e. The van der Waals surface area contributed by atoms with Crippen LogP contribution in [0, 0.1) is 5.82 Å². The van der Waals surface area contributed by atoms with E-state index in [1.54, 1.807) is 36.4 Å². The van der Waals surface area contributed by atoms with Crippen molar-refractivity contribution in [3.05, 3.63) is 60.1 Å². The number of furan rings is 1. The normalized spacial score (nSPS) is 10.6. The minimum atomic E-state index is -0.515. The highest BCUT2D eigenvalue weighted by atomic mass is 19.1.